The number of likely N-dealkylation sites (tertiary alicyclic amines) is 1. The van der Waals surface area contributed by atoms with E-state index in [1.165, 1.54) is 31.7 Å². The molecule has 5 heteroatoms. The topological polar surface area (TPSA) is 41.0 Å². The van der Waals surface area contributed by atoms with Gasteiger partial charge in [0.15, 0.2) is 0 Å². The number of rotatable bonds is 2. The molecular formula is C19H26FN3O. The van der Waals surface area contributed by atoms with Gasteiger partial charge in [-0.25, -0.2) is 9.18 Å². The Bertz CT molecular complexity index is 765. The van der Waals surface area contributed by atoms with Crippen LogP contribution in [0, 0.1) is 11.7 Å². The van der Waals surface area contributed by atoms with Crippen molar-refractivity contribution in [2.24, 2.45) is 5.92 Å². The number of hydrogen-bond donors (Lipinski definition) is 1. The molecule has 4 nitrogen and oxygen atoms in total. The van der Waals surface area contributed by atoms with Gasteiger partial charge in [0.25, 0.3) is 0 Å². The molecule has 4 rings (SSSR count). The highest BCUT2D eigenvalue weighted by atomic mass is 19.1. The molecule has 2 aromatic rings. The summed E-state index contributed by atoms with van der Waals surface area (Å²) in [6.07, 6.45) is 7.11. The maximum Gasteiger partial charge on any atom is 0.326 e. The predicted octanol–water partition coefficient (Wildman–Crippen LogP) is 3.68. The Morgan fingerprint density at radius 2 is 1.75 bits per heavy atom. The summed E-state index contributed by atoms with van der Waals surface area (Å²) in [4.78, 5) is 17.7. The molecule has 1 aliphatic heterocycles. The first-order valence-electron chi connectivity index (χ1n) is 9.26. The molecule has 0 amide bonds. The summed E-state index contributed by atoms with van der Waals surface area (Å²) in [6, 6.07) is 5.66. The third kappa shape index (κ3) is 2.79. The number of H-pyrrole nitrogens is 1. The number of aromatic nitrogens is 2. The Morgan fingerprint density at radius 1 is 1.04 bits per heavy atom. The van der Waals surface area contributed by atoms with Crippen LogP contribution in [0.25, 0.3) is 11.0 Å². The maximum atomic E-state index is 14.2. The minimum Gasteiger partial charge on any atom is -0.305 e. The Labute approximate surface area is 141 Å². The number of fused-ring (bicyclic) bond motifs is 1. The first-order valence-corrected chi connectivity index (χ1v) is 9.26. The molecule has 1 saturated carbocycles. The van der Waals surface area contributed by atoms with Gasteiger partial charge in [0.05, 0.1) is 5.52 Å². The van der Waals surface area contributed by atoms with Gasteiger partial charge >= 0.3 is 5.69 Å². The molecule has 1 saturated heterocycles. The fraction of sp³-hybridized carbons (Fsp3) is 0.632. The SMILES string of the molecule is CC1CCC(N2CCC(n3c(=O)[nH]c4cccc(F)c43)CC2)CC1. The van der Waals surface area contributed by atoms with E-state index in [-0.39, 0.29) is 17.5 Å². The number of aromatic amines is 1. The molecule has 0 bridgehead atoms. The average molecular weight is 331 g/mol. The molecule has 0 radical (unpaired) electrons. The fourth-order valence-corrected chi connectivity index (χ4v) is 4.60. The van der Waals surface area contributed by atoms with Crippen LogP contribution in [-0.2, 0) is 0 Å². The van der Waals surface area contributed by atoms with Gasteiger partial charge in [0.1, 0.15) is 11.3 Å². The van der Waals surface area contributed by atoms with Crippen molar-refractivity contribution in [2.75, 3.05) is 13.1 Å². The Kier molecular flexibility index (Phi) is 4.21. The van der Waals surface area contributed by atoms with Crippen LogP contribution in [0.1, 0.15) is 51.5 Å². The van der Waals surface area contributed by atoms with E-state index in [0.717, 1.165) is 31.8 Å². The van der Waals surface area contributed by atoms with Crippen LogP contribution in [0.2, 0.25) is 0 Å². The first-order chi connectivity index (χ1) is 11.6. The lowest BCUT2D eigenvalue weighted by Crippen LogP contribution is -2.44. The molecule has 0 atom stereocenters. The number of piperidine rings is 1. The van der Waals surface area contributed by atoms with Gasteiger partial charge in [-0.1, -0.05) is 13.0 Å². The molecule has 1 N–H and O–H groups in total. The van der Waals surface area contributed by atoms with E-state index in [1.54, 1.807) is 16.7 Å². The van der Waals surface area contributed by atoms with E-state index < -0.39 is 0 Å². The Balaban J connectivity index is 1.50. The summed E-state index contributed by atoms with van der Waals surface area (Å²) in [6.45, 7) is 4.37. The molecule has 24 heavy (non-hydrogen) atoms. The maximum absolute atomic E-state index is 14.2. The summed E-state index contributed by atoms with van der Waals surface area (Å²) in [5.41, 5.74) is 0.858. The van der Waals surface area contributed by atoms with Gasteiger partial charge < -0.3 is 9.88 Å². The average Bonchev–Trinajstić information content (AvgIpc) is 2.93. The zero-order valence-electron chi connectivity index (χ0n) is 14.3. The molecule has 2 heterocycles. The second kappa shape index (κ2) is 6.36. The van der Waals surface area contributed by atoms with E-state index in [0.29, 0.717) is 17.1 Å². The highest BCUT2D eigenvalue weighted by Crippen LogP contribution is 2.32. The first kappa shape index (κ1) is 15.9. The molecule has 1 aromatic carbocycles. The number of halogens is 1. The number of para-hydroxylation sites is 1. The van der Waals surface area contributed by atoms with Crippen molar-refractivity contribution < 1.29 is 4.39 Å². The third-order valence-electron chi connectivity index (χ3n) is 6.05. The lowest BCUT2D eigenvalue weighted by atomic mass is 9.85. The van der Waals surface area contributed by atoms with Crippen molar-refractivity contribution in [3.05, 3.63) is 34.5 Å². The summed E-state index contributed by atoms with van der Waals surface area (Å²) in [5, 5.41) is 0. The van der Waals surface area contributed by atoms with Crippen LogP contribution >= 0.6 is 0 Å². The molecule has 0 spiro atoms. The zero-order chi connectivity index (χ0) is 16.7. The van der Waals surface area contributed by atoms with Crippen LogP contribution in [0.5, 0.6) is 0 Å². The van der Waals surface area contributed by atoms with Crippen LogP contribution in [0.15, 0.2) is 23.0 Å². The van der Waals surface area contributed by atoms with Crippen LogP contribution < -0.4 is 5.69 Å². The molecule has 130 valence electrons. The Hall–Kier alpha value is -1.62. The monoisotopic (exact) mass is 331 g/mol. The largest absolute Gasteiger partial charge is 0.326 e. The quantitative estimate of drug-likeness (QED) is 0.912. The van der Waals surface area contributed by atoms with E-state index in [4.69, 9.17) is 0 Å². The number of benzene rings is 1. The molecule has 2 fully saturated rings. The number of nitrogens with one attached hydrogen (secondary N) is 1. The van der Waals surface area contributed by atoms with E-state index in [2.05, 4.69) is 16.8 Å². The van der Waals surface area contributed by atoms with Gasteiger partial charge in [-0.05, 0) is 56.6 Å². The molecule has 2 aliphatic rings. The van der Waals surface area contributed by atoms with Gasteiger partial charge in [-0.2, -0.15) is 0 Å². The van der Waals surface area contributed by atoms with Crippen molar-refractivity contribution in [3.63, 3.8) is 0 Å². The van der Waals surface area contributed by atoms with E-state index in [9.17, 15) is 9.18 Å². The third-order valence-corrected chi connectivity index (χ3v) is 6.05. The summed E-state index contributed by atoms with van der Waals surface area (Å²) in [7, 11) is 0. The highest BCUT2D eigenvalue weighted by molar-refractivity contribution is 5.75. The molecule has 0 unspecified atom stereocenters. The number of nitrogens with zero attached hydrogens (tertiary/aromatic N) is 2. The van der Waals surface area contributed by atoms with Crippen molar-refractivity contribution in [3.8, 4) is 0 Å². The van der Waals surface area contributed by atoms with Gasteiger partial charge in [-0.15, -0.1) is 0 Å². The van der Waals surface area contributed by atoms with Crippen LogP contribution in [-0.4, -0.2) is 33.6 Å². The minimum atomic E-state index is -0.311. The van der Waals surface area contributed by atoms with Gasteiger partial charge in [0, 0.05) is 25.2 Å². The zero-order valence-corrected chi connectivity index (χ0v) is 14.3. The van der Waals surface area contributed by atoms with E-state index >= 15 is 0 Å². The van der Waals surface area contributed by atoms with Crippen molar-refractivity contribution in [2.45, 2.75) is 57.5 Å². The van der Waals surface area contributed by atoms with Crippen molar-refractivity contribution >= 4 is 11.0 Å². The van der Waals surface area contributed by atoms with Crippen LogP contribution in [0.3, 0.4) is 0 Å². The highest BCUT2D eigenvalue weighted by Gasteiger charge is 2.29. The number of imidazole rings is 1. The second-order valence-electron chi connectivity index (χ2n) is 7.62. The summed E-state index contributed by atoms with van der Waals surface area (Å²) >= 11 is 0. The standard InChI is InChI=1S/C19H26FN3O/c1-13-5-7-14(8-6-13)22-11-9-15(10-12-22)23-18-16(20)3-2-4-17(18)21-19(23)24/h2-4,13-15H,5-12H2,1H3,(H,21,24). The molecule has 1 aromatic heterocycles. The molecule has 1 aliphatic carbocycles. The molecular weight excluding hydrogens is 305 g/mol. The van der Waals surface area contributed by atoms with E-state index in [1.807, 2.05) is 0 Å². The predicted molar refractivity (Wildman–Crippen MR) is 93.8 cm³/mol. The normalized spacial score (nSPS) is 26.9. The lowest BCUT2D eigenvalue weighted by Gasteiger charge is -2.40. The van der Waals surface area contributed by atoms with Crippen molar-refractivity contribution in [1.29, 1.82) is 0 Å². The smallest absolute Gasteiger partial charge is 0.305 e. The summed E-state index contributed by atoms with van der Waals surface area (Å²) < 4.78 is 15.9. The minimum absolute atomic E-state index is 0.0990. The summed E-state index contributed by atoms with van der Waals surface area (Å²) in [5.74, 6) is 0.557. The number of hydrogen-bond acceptors (Lipinski definition) is 2. The Morgan fingerprint density at radius 3 is 2.46 bits per heavy atom. The second-order valence-corrected chi connectivity index (χ2v) is 7.62. The van der Waals surface area contributed by atoms with Crippen LogP contribution in [0.4, 0.5) is 4.39 Å². The van der Waals surface area contributed by atoms with Crippen molar-refractivity contribution in [1.82, 2.24) is 14.5 Å². The van der Waals surface area contributed by atoms with Gasteiger partial charge in [-0.3, -0.25) is 4.57 Å². The van der Waals surface area contributed by atoms with Gasteiger partial charge in [0.2, 0.25) is 0 Å². The lowest BCUT2D eigenvalue weighted by molar-refractivity contribution is 0.0988. The fourth-order valence-electron chi connectivity index (χ4n) is 4.60.